The molecule has 0 fully saturated rings. The molecule has 0 atom stereocenters. The highest BCUT2D eigenvalue weighted by molar-refractivity contribution is 9.10. The number of rotatable bonds is 1. The lowest BCUT2D eigenvalue weighted by Gasteiger charge is -1.94. The number of nitrogens with zero attached hydrogens (tertiary/aromatic N) is 1. The Morgan fingerprint density at radius 2 is 2.14 bits per heavy atom. The molecule has 0 saturated carbocycles. The monoisotopic (exact) mass is 289 g/mol. The van der Waals surface area contributed by atoms with E-state index in [-0.39, 0.29) is 0 Å². The summed E-state index contributed by atoms with van der Waals surface area (Å²) in [6.45, 7) is 4.28. The Morgan fingerprint density at radius 1 is 1.43 bits per heavy atom. The number of aromatic nitrogens is 1. The lowest BCUT2D eigenvalue weighted by atomic mass is 10.2. The zero-order chi connectivity index (χ0) is 10.3. The molecular formula is C10H9BrClNS. The van der Waals surface area contributed by atoms with Crippen molar-refractivity contribution in [2.45, 2.75) is 19.8 Å². The highest BCUT2D eigenvalue weighted by Crippen LogP contribution is 2.33. The average Bonchev–Trinajstić information content (AvgIpc) is 2.47. The smallest absolute Gasteiger partial charge is 0.100 e. The van der Waals surface area contributed by atoms with Crippen molar-refractivity contribution < 1.29 is 0 Å². The lowest BCUT2D eigenvalue weighted by molar-refractivity contribution is 0.857. The molecule has 1 nitrogen and oxygen atoms in total. The van der Waals surface area contributed by atoms with Gasteiger partial charge in [0.05, 0.1) is 14.7 Å². The molecule has 0 saturated heterocycles. The van der Waals surface area contributed by atoms with Gasteiger partial charge in [-0.15, -0.1) is 11.3 Å². The largest absolute Gasteiger partial charge is 0.239 e. The molecule has 1 heterocycles. The molecule has 0 spiro atoms. The summed E-state index contributed by atoms with van der Waals surface area (Å²) in [5.74, 6) is 0.460. The molecule has 2 rings (SSSR count). The van der Waals surface area contributed by atoms with Crippen LogP contribution < -0.4 is 0 Å². The van der Waals surface area contributed by atoms with Gasteiger partial charge in [-0.1, -0.05) is 41.4 Å². The van der Waals surface area contributed by atoms with E-state index < -0.39 is 0 Å². The SMILES string of the molecule is CC(C)c1nc2c(Cl)cc(Br)cc2s1. The number of thiazole rings is 1. The topological polar surface area (TPSA) is 12.9 Å². The first kappa shape index (κ1) is 10.4. The third-order valence-electron chi connectivity index (χ3n) is 1.92. The van der Waals surface area contributed by atoms with Crippen molar-refractivity contribution in [3.8, 4) is 0 Å². The van der Waals surface area contributed by atoms with Crippen LogP contribution >= 0.6 is 38.9 Å². The van der Waals surface area contributed by atoms with E-state index >= 15 is 0 Å². The van der Waals surface area contributed by atoms with E-state index in [1.165, 1.54) is 0 Å². The highest BCUT2D eigenvalue weighted by Gasteiger charge is 2.10. The zero-order valence-electron chi connectivity index (χ0n) is 7.84. The van der Waals surface area contributed by atoms with Crippen molar-refractivity contribution in [1.29, 1.82) is 0 Å². The standard InChI is InChI=1S/C10H9BrClNS/c1-5(2)10-13-9-7(12)3-6(11)4-8(9)14-10/h3-5H,1-2H3. The van der Waals surface area contributed by atoms with Crippen molar-refractivity contribution in [1.82, 2.24) is 4.98 Å². The number of benzene rings is 1. The van der Waals surface area contributed by atoms with Gasteiger partial charge in [-0.2, -0.15) is 0 Å². The van der Waals surface area contributed by atoms with E-state index in [0.717, 1.165) is 24.7 Å². The molecule has 2 aromatic rings. The van der Waals surface area contributed by atoms with Crippen molar-refractivity contribution in [2.75, 3.05) is 0 Å². The van der Waals surface area contributed by atoms with Gasteiger partial charge in [0.2, 0.25) is 0 Å². The molecule has 0 aliphatic carbocycles. The fraction of sp³-hybridized carbons (Fsp3) is 0.300. The summed E-state index contributed by atoms with van der Waals surface area (Å²) in [5, 5.41) is 1.86. The van der Waals surface area contributed by atoms with Crippen LogP contribution in [0.15, 0.2) is 16.6 Å². The highest BCUT2D eigenvalue weighted by atomic mass is 79.9. The van der Waals surface area contributed by atoms with Crippen molar-refractivity contribution in [2.24, 2.45) is 0 Å². The van der Waals surface area contributed by atoms with Gasteiger partial charge in [-0.25, -0.2) is 4.98 Å². The minimum atomic E-state index is 0.460. The quantitative estimate of drug-likeness (QED) is 0.732. The Bertz CT molecular complexity index is 478. The summed E-state index contributed by atoms with van der Waals surface area (Å²) in [4.78, 5) is 4.52. The Morgan fingerprint density at radius 3 is 2.79 bits per heavy atom. The number of halogens is 2. The molecule has 1 aromatic carbocycles. The maximum absolute atomic E-state index is 6.09. The van der Waals surface area contributed by atoms with E-state index in [9.17, 15) is 0 Å². The van der Waals surface area contributed by atoms with E-state index in [1.54, 1.807) is 11.3 Å². The molecule has 14 heavy (non-hydrogen) atoms. The van der Waals surface area contributed by atoms with E-state index in [0.29, 0.717) is 5.92 Å². The van der Waals surface area contributed by atoms with Gasteiger partial charge in [-0.05, 0) is 12.1 Å². The summed E-state index contributed by atoms with van der Waals surface area (Å²) < 4.78 is 2.15. The van der Waals surface area contributed by atoms with Crippen molar-refractivity contribution in [3.63, 3.8) is 0 Å². The minimum absolute atomic E-state index is 0.460. The van der Waals surface area contributed by atoms with Crippen LogP contribution in [0, 0.1) is 0 Å². The molecule has 0 aliphatic heterocycles. The maximum atomic E-state index is 6.09. The summed E-state index contributed by atoms with van der Waals surface area (Å²) in [6, 6.07) is 3.94. The summed E-state index contributed by atoms with van der Waals surface area (Å²) in [6.07, 6.45) is 0. The van der Waals surface area contributed by atoms with Crippen LogP contribution in [0.2, 0.25) is 5.02 Å². The fourth-order valence-electron chi connectivity index (χ4n) is 1.22. The van der Waals surface area contributed by atoms with Gasteiger partial charge in [0.25, 0.3) is 0 Å². The van der Waals surface area contributed by atoms with Gasteiger partial charge in [0.1, 0.15) is 5.52 Å². The minimum Gasteiger partial charge on any atom is -0.239 e. The van der Waals surface area contributed by atoms with E-state index in [2.05, 4.69) is 40.8 Å². The molecule has 0 bridgehead atoms. The molecule has 1 aromatic heterocycles. The zero-order valence-corrected chi connectivity index (χ0v) is 11.0. The van der Waals surface area contributed by atoms with Gasteiger partial charge in [-0.3, -0.25) is 0 Å². The Kier molecular flexibility index (Phi) is 2.82. The molecular weight excluding hydrogens is 282 g/mol. The second-order valence-electron chi connectivity index (χ2n) is 3.44. The molecule has 0 N–H and O–H groups in total. The molecule has 0 unspecified atom stereocenters. The van der Waals surface area contributed by atoms with Crippen molar-refractivity contribution in [3.05, 3.63) is 26.6 Å². The number of hydrogen-bond acceptors (Lipinski definition) is 2. The summed E-state index contributed by atoms with van der Waals surface area (Å²) >= 11 is 11.2. The molecule has 74 valence electrons. The first-order chi connectivity index (χ1) is 6.58. The van der Waals surface area contributed by atoms with Crippen molar-refractivity contribution >= 4 is 49.1 Å². The summed E-state index contributed by atoms with van der Waals surface area (Å²) in [7, 11) is 0. The normalized spacial score (nSPS) is 11.5. The van der Waals surface area contributed by atoms with E-state index in [1.807, 2.05) is 6.07 Å². The predicted octanol–water partition coefficient (Wildman–Crippen LogP) is 4.84. The van der Waals surface area contributed by atoms with Gasteiger partial charge < -0.3 is 0 Å². The second kappa shape index (κ2) is 3.80. The molecule has 0 aliphatic rings. The van der Waals surface area contributed by atoms with E-state index in [4.69, 9.17) is 11.6 Å². The van der Waals surface area contributed by atoms with Crippen LogP contribution in [0.25, 0.3) is 10.2 Å². The first-order valence-electron chi connectivity index (χ1n) is 4.33. The Balaban J connectivity index is 2.70. The lowest BCUT2D eigenvalue weighted by Crippen LogP contribution is -1.83. The predicted molar refractivity (Wildman–Crippen MR) is 66.4 cm³/mol. The number of hydrogen-bond donors (Lipinski definition) is 0. The molecule has 0 amide bonds. The van der Waals surface area contributed by atoms with Crippen LogP contribution in [0.4, 0.5) is 0 Å². The maximum Gasteiger partial charge on any atom is 0.100 e. The number of fused-ring (bicyclic) bond motifs is 1. The van der Waals surface area contributed by atoms with Crippen LogP contribution in [-0.2, 0) is 0 Å². The van der Waals surface area contributed by atoms with Crippen LogP contribution in [0.3, 0.4) is 0 Å². The average molecular weight is 291 g/mol. The van der Waals surface area contributed by atoms with Crippen LogP contribution in [-0.4, -0.2) is 4.98 Å². The van der Waals surface area contributed by atoms with Crippen LogP contribution in [0.5, 0.6) is 0 Å². The Hall–Kier alpha value is -0.120. The van der Waals surface area contributed by atoms with Gasteiger partial charge >= 0.3 is 0 Å². The molecule has 4 heteroatoms. The second-order valence-corrected chi connectivity index (χ2v) is 5.83. The molecule has 0 radical (unpaired) electrons. The third kappa shape index (κ3) is 1.81. The summed E-state index contributed by atoms with van der Waals surface area (Å²) in [5.41, 5.74) is 0.920. The van der Waals surface area contributed by atoms with Crippen LogP contribution in [0.1, 0.15) is 24.8 Å². The third-order valence-corrected chi connectivity index (χ3v) is 3.97. The Labute approximate surface area is 100 Å². The first-order valence-corrected chi connectivity index (χ1v) is 6.32. The van der Waals surface area contributed by atoms with Gasteiger partial charge in [0.15, 0.2) is 0 Å². The van der Waals surface area contributed by atoms with Gasteiger partial charge in [0, 0.05) is 10.4 Å². The fourth-order valence-corrected chi connectivity index (χ4v) is 3.32.